The van der Waals surface area contributed by atoms with Crippen LogP contribution in [0.15, 0.2) is 48.2 Å². The zero-order chi connectivity index (χ0) is 18.8. The van der Waals surface area contributed by atoms with Crippen molar-refractivity contribution in [1.82, 2.24) is 5.32 Å². The Hall–Kier alpha value is -3.39. The van der Waals surface area contributed by atoms with Crippen LogP contribution in [0.5, 0.6) is 5.75 Å². The molecule has 2 aromatic carbocycles. The molecule has 0 unspecified atom stereocenters. The molecule has 0 atom stereocenters. The molecule has 1 aliphatic heterocycles. The molecule has 0 radical (unpaired) electrons. The fraction of sp³-hybridized carbons (Fsp3) is 0.0588. The summed E-state index contributed by atoms with van der Waals surface area (Å²) < 4.78 is 5.16. The second-order valence-electron chi connectivity index (χ2n) is 5.29. The molecule has 8 nitrogen and oxygen atoms in total. The van der Waals surface area contributed by atoms with E-state index >= 15 is 0 Å². The molecule has 3 amide bonds. The first-order chi connectivity index (χ1) is 12.4. The third-order valence-corrected chi connectivity index (χ3v) is 3.90. The summed E-state index contributed by atoms with van der Waals surface area (Å²) in [5, 5.41) is 13.8. The van der Waals surface area contributed by atoms with E-state index in [0.29, 0.717) is 22.0 Å². The number of imide groups is 1. The average Bonchev–Trinajstić information content (AvgIpc) is 2.88. The number of carbonyl (C=O) groups excluding carboxylic acids is 2. The maximum atomic E-state index is 12.6. The highest BCUT2D eigenvalue weighted by Crippen LogP contribution is 2.29. The molecule has 0 saturated carbocycles. The molecule has 1 aliphatic rings. The highest BCUT2D eigenvalue weighted by molar-refractivity contribution is 6.32. The van der Waals surface area contributed by atoms with Crippen molar-refractivity contribution in [2.24, 2.45) is 0 Å². The fourth-order valence-corrected chi connectivity index (χ4v) is 2.67. The van der Waals surface area contributed by atoms with Crippen LogP contribution < -0.4 is 15.0 Å². The SMILES string of the molecule is COc1ccc([N+](=O)[O-])cc1/C=C1/NC(=O)N(c2cccc(Cl)c2)C1=O. The van der Waals surface area contributed by atoms with Crippen LogP contribution in [-0.2, 0) is 4.79 Å². The van der Waals surface area contributed by atoms with E-state index in [2.05, 4.69) is 5.32 Å². The molecule has 1 saturated heterocycles. The van der Waals surface area contributed by atoms with Crippen LogP contribution in [0.4, 0.5) is 16.2 Å². The molecule has 0 spiro atoms. The number of nitro groups is 1. The number of non-ortho nitro benzene ring substituents is 1. The van der Waals surface area contributed by atoms with Gasteiger partial charge in [0, 0.05) is 22.7 Å². The summed E-state index contributed by atoms with van der Waals surface area (Å²) in [5.74, 6) is -0.280. The molecule has 0 aliphatic carbocycles. The molecule has 132 valence electrons. The van der Waals surface area contributed by atoms with Gasteiger partial charge in [-0.25, -0.2) is 9.69 Å². The van der Waals surface area contributed by atoms with Crippen LogP contribution in [0.25, 0.3) is 6.08 Å². The number of amides is 3. The Morgan fingerprint density at radius 1 is 1.23 bits per heavy atom. The second-order valence-corrected chi connectivity index (χ2v) is 5.73. The van der Waals surface area contributed by atoms with Gasteiger partial charge in [0.15, 0.2) is 0 Å². The second kappa shape index (κ2) is 6.85. The van der Waals surface area contributed by atoms with Gasteiger partial charge in [-0.05, 0) is 30.3 Å². The summed E-state index contributed by atoms with van der Waals surface area (Å²) >= 11 is 5.91. The van der Waals surface area contributed by atoms with Gasteiger partial charge in [0.2, 0.25) is 0 Å². The van der Waals surface area contributed by atoms with Gasteiger partial charge in [0.25, 0.3) is 11.6 Å². The number of hydrogen-bond acceptors (Lipinski definition) is 5. The zero-order valence-corrected chi connectivity index (χ0v) is 14.2. The molecule has 26 heavy (non-hydrogen) atoms. The predicted octanol–water partition coefficient (Wildman–Crippen LogP) is 3.35. The quantitative estimate of drug-likeness (QED) is 0.383. The van der Waals surface area contributed by atoms with Crippen molar-refractivity contribution in [1.29, 1.82) is 0 Å². The number of hydrogen-bond donors (Lipinski definition) is 1. The van der Waals surface area contributed by atoms with Gasteiger partial charge in [0.1, 0.15) is 11.4 Å². The van der Waals surface area contributed by atoms with E-state index < -0.39 is 16.9 Å². The number of benzene rings is 2. The molecule has 0 aromatic heterocycles. The number of anilines is 1. The Bertz CT molecular complexity index is 957. The lowest BCUT2D eigenvalue weighted by atomic mass is 10.1. The summed E-state index contributed by atoms with van der Waals surface area (Å²) in [7, 11) is 1.40. The van der Waals surface area contributed by atoms with Crippen molar-refractivity contribution in [3.63, 3.8) is 0 Å². The van der Waals surface area contributed by atoms with E-state index in [1.807, 2.05) is 0 Å². The third-order valence-electron chi connectivity index (χ3n) is 3.67. The normalized spacial score (nSPS) is 15.3. The van der Waals surface area contributed by atoms with Gasteiger partial charge < -0.3 is 10.1 Å². The van der Waals surface area contributed by atoms with Gasteiger partial charge in [-0.2, -0.15) is 0 Å². The van der Waals surface area contributed by atoms with Crippen molar-refractivity contribution in [3.05, 3.63) is 68.9 Å². The molecule has 2 aromatic rings. The number of halogens is 1. The number of urea groups is 1. The lowest BCUT2D eigenvalue weighted by Crippen LogP contribution is -2.30. The van der Waals surface area contributed by atoms with E-state index in [0.717, 1.165) is 4.90 Å². The van der Waals surface area contributed by atoms with E-state index in [-0.39, 0.29) is 11.4 Å². The maximum Gasteiger partial charge on any atom is 0.333 e. The third kappa shape index (κ3) is 3.22. The number of nitrogens with zero attached hydrogens (tertiary/aromatic N) is 2. The van der Waals surface area contributed by atoms with Gasteiger partial charge in [-0.1, -0.05) is 17.7 Å². The smallest absolute Gasteiger partial charge is 0.333 e. The molecule has 1 N–H and O–H groups in total. The molecule has 9 heteroatoms. The Labute approximate surface area is 152 Å². The van der Waals surface area contributed by atoms with Crippen molar-refractivity contribution >= 4 is 41.0 Å². The van der Waals surface area contributed by atoms with Crippen LogP contribution in [0.2, 0.25) is 5.02 Å². The van der Waals surface area contributed by atoms with Crippen LogP contribution in [0.3, 0.4) is 0 Å². The average molecular weight is 374 g/mol. The maximum absolute atomic E-state index is 12.6. The van der Waals surface area contributed by atoms with Crippen molar-refractivity contribution in [2.75, 3.05) is 12.0 Å². The summed E-state index contributed by atoms with van der Waals surface area (Å²) in [5.41, 5.74) is 0.405. The van der Waals surface area contributed by atoms with Crippen LogP contribution in [0, 0.1) is 10.1 Å². The van der Waals surface area contributed by atoms with Gasteiger partial charge in [-0.15, -0.1) is 0 Å². The summed E-state index contributed by atoms with van der Waals surface area (Å²) in [4.78, 5) is 36.1. The molecule has 0 bridgehead atoms. The van der Waals surface area contributed by atoms with Crippen molar-refractivity contribution < 1.29 is 19.2 Å². The first-order valence-corrected chi connectivity index (χ1v) is 7.73. The largest absolute Gasteiger partial charge is 0.496 e. The summed E-state index contributed by atoms with van der Waals surface area (Å²) in [6.07, 6.45) is 1.33. The molecule has 1 fully saturated rings. The highest BCUT2D eigenvalue weighted by atomic mass is 35.5. The molecular weight excluding hydrogens is 362 g/mol. The van der Waals surface area contributed by atoms with Gasteiger partial charge in [0.05, 0.1) is 17.7 Å². The van der Waals surface area contributed by atoms with E-state index in [9.17, 15) is 19.7 Å². The first-order valence-electron chi connectivity index (χ1n) is 7.36. The molecule has 3 rings (SSSR count). The van der Waals surface area contributed by atoms with Crippen LogP contribution in [0.1, 0.15) is 5.56 Å². The van der Waals surface area contributed by atoms with Gasteiger partial charge in [-0.3, -0.25) is 14.9 Å². The summed E-state index contributed by atoms with van der Waals surface area (Å²) in [6.45, 7) is 0. The summed E-state index contributed by atoms with van der Waals surface area (Å²) in [6, 6.07) is 9.60. The highest BCUT2D eigenvalue weighted by Gasteiger charge is 2.35. The van der Waals surface area contributed by atoms with Gasteiger partial charge >= 0.3 is 6.03 Å². The Morgan fingerprint density at radius 3 is 2.65 bits per heavy atom. The molecular formula is C17H12ClN3O5. The minimum absolute atomic E-state index is 0.0335. The monoisotopic (exact) mass is 373 g/mol. The van der Waals surface area contributed by atoms with Crippen molar-refractivity contribution in [2.45, 2.75) is 0 Å². The lowest BCUT2D eigenvalue weighted by molar-refractivity contribution is -0.384. The predicted molar refractivity (Wildman–Crippen MR) is 95.1 cm³/mol. The first kappa shape index (κ1) is 17.4. The number of ether oxygens (including phenoxy) is 1. The van der Waals surface area contributed by atoms with E-state index in [4.69, 9.17) is 16.3 Å². The Morgan fingerprint density at radius 2 is 2.00 bits per heavy atom. The van der Waals surface area contributed by atoms with Crippen LogP contribution >= 0.6 is 11.6 Å². The number of nitrogens with one attached hydrogen (secondary N) is 1. The lowest BCUT2D eigenvalue weighted by Gasteiger charge is -2.11. The minimum atomic E-state index is -0.645. The molecule has 1 heterocycles. The fourth-order valence-electron chi connectivity index (χ4n) is 2.49. The number of methoxy groups -OCH3 is 1. The van der Waals surface area contributed by atoms with Crippen molar-refractivity contribution in [3.8, 4) is 5.75 Å². The Kier molecular flexibility index (Phi) is 4.59. The van der Waals surface area contributed by atoms with Crippen LogP contribution in [-0.4, -0.2) is 24.0 Å². The Balaban J connectivity index is 2.00. The zero-order valence-electron chi connectivity index (χ0n) is 13.4. The topological polar surface area (TPSA) is 102 Å². The number of nitro benzene ring substituents is 1. The minimum Gasteiger partial charge on any atom is -0.496 e. The number of carbonyl (C=O) groups is 2. The standard InChI is InChI=1S/C17H12ClN3O5/c1-26-15-6-5-13(21(24)25)7-10(15)8-14-16(22)20(17(23)19-14)12-4-2-3-11(18)9-12/h2-9H,1H3,(H,19,23)/b14-8+. The number of rotatable bonds is 4. The van der Waals surface area contributed by atoms with E-state index in [1.54, 1.807) is 18.2 Å². The van der Waals surface area contributed by atoms with E-state index in [1.165, 1.54) is 37.5 Å².